The zero-order chi connectivity index (χ0) is 18.1. The number of rotatable bonds is 4. The van der Waals surface area contributed by atoms with Crippen molar-refractivity contribution in [2.75, 3.05) is 24.5 Å². The number of amides is 1. The Balaban J connectivity index is 1.54. The molecule has 1 unspecified atom stereocenters. The van der Waals surface area contributed by atoms with E-state index in [-0.39, 0.29) is 11.9 Å². The number of carbonyl (C=O) groups excluding carboxylic acids is 1. The Kier molecular flexibility index (Phi) is 5.16. The molecule has 4 nitrogen and oxygen atoms in total. The number of thiophene rings is 1. The Morgan fingerprint density at radius 3 is 2.73 bits per heavy atom. The lowest BCUT2D eigenvalue weighted by atomic mass is 9.86. The minimum atomic E-state index is -0.432. The number of benzene rings is 1. The third-order valence-corrected chi connectivity index (χ3v) is 6.35. The number of anilines is 1. The average Bonchev–Trinajstić information content (AvgIpc) is 3.05. The molecule has 7 heteroatoms. The van der Waals surface area contributed by atoms with Gasteiger partial charge in [0.2, 0.25) is 0 Å². The van der Waals surface area contributed by atoms with Gasteiger partial charge in [-0.1, -0.05) is 17.7 Å². The molecular weight excluding hydrogens is 375 g/mol. The molecule has 1 aromatic heterocycles. The highest BCUT2D eigenvalue weighted by molar-refractivity contribution is 7.16. The molecule has 1 amide bonds. The summed E-state index contributed by atoms with van der Waals surface area (Å²) in [6, 6.07) is 9.71. The molecule has 1 atom stereocenters. The van der Waals surface area contributed by atoms with Crippen molar-refractivity contribution in [2.45, 2.75) is 25.5 Å². The van der Waals surface area contributed by atoms with Crippen molar-refractivity contribution in [1.29, 1.82) is 0 Å². The van der Waals surface area contributed by atoms with Crippen LogP contribution in [-0.4, -0.2) is 36.7 Å². The van der Waals surface area contributed by atoms with Crippen molar-refractivity contribution in [3.05, 3.63) is 51.4 Å². The van der Waals surface area contributed by atoms with Gasteiger partial charge in [0.05, 0.1) is 16.6 Å². The van der Waals surface area contributed by atoms with Crippen LogP contribution in [-0.2, 0) is 11.3 Å². The molecule has 2 bridgehead atoms. The standard InChI is InChI=1S/C19H20ClFN2O2S/c20-18-5-4-16(26-18)11-23(15-3-1-2-14(21)10-15)19(24)25-17-12-22-8-6-13(17)7-9-22/h1-5,10,13,17H,6-9,11-12H2. The SMILES string of the molecule is O=C(OC1CN2CCC1CC2)N(Cc1ccc(Cl)s1)c1cccc(F)c1. The van der Waals surface area contributed by atoms with Crippen molar-refractivity contribution in [3.8, 4) is 0 Å². The number of halogens is 2. The number of nitrogens with zero attached hydrogens (tertiary/aromatic N) is 2. The van der Waals surface area contributed by atoms with Crippen LogP contribution in [0.4, 0.5) is 14.9 Å². The fourth-order valence-corrected chi connectivity index (χ4v) is 4.81. The summed E-state index contributed by atoms with van der Waals surface area (Å²) in [5.74, 6) is 0.0434. The molecule has 3 aliphatic heterocycles. The Morgan fingerprint density at radius 1 is 1.31 bits per heavy atom. The lowest BCUT2D eigenvalue weighted by Gasteiger charge is -2.44. The third kappa shape index (κ3) is 3.87. The van der Waals surface area contributed by atoms with Crippen molar-refractivity contribution < 1.29 is 13.9 Å². The first-order valence-electron chi connectivity index (χ1n) is 8.79. The normalized spacial score (nSPS) is 24.5. The van der Waals surface area contributed by atoms with E-state index in [1.54, 1.807) is 18.2 Å². The third-order valence-electron chi connectivity index (χ3n) is 5.13. The lowest BCUT2D eigenvalue weighted by molar-refractivity contribution is -0.0311. The molecule has 0 N–H and O–H groups in total. The summed E-state index contributed by atoms with van der Waals surface area (Å²) in [5.41, 5.74) is 0.487. The summed E-state index contributed by atoms with van der Waals surface area (Å²) in [5, 5.41) is 0. The molecule has 0 saturated carbocycles. The molecule has 4 heterocycles. The summed E-state index contributed by atoms with van der Waals surface area (Å²) in [7, 11) is 0. The first-order valence-corrected chi connectivity index (χ1v) is 9.98. The number of fused-ring (bicyclic) bond motifs is 3. The van der Waals surface area contributed by atoms with Crippen LogP contribution < -0.4 is 4.90 Å². The first-order chi connectivity index (χ1) is 12.6. The summed E-state index contributed by atoms with van der Waals surface area (Å²) >= 11 is 7.42. The largest absolute Gasteiger partial charge is 0.444 e. The van der Waals surface area contributed by atoms with E-state index in [9.17, 15) is 9.18 Å². The number of hydrogen-bond donors (Lipinski definition) is 0. The van der Waals surface area contributed by atoms with Gasteiger partial charge in [0.1, 0.15) is 11.9 Å². The van der Waals surface area contributed by atoms with Gasteiger partial charge in [-0.25, -0.2) is 9.18 Å². The van der Waals surface area contributed by atoms with Crippen LogP contribution in [0.1, 0.15) is 17.7 Å². The summed E-state index contributed by atoms with van der Waals surface area (Å²) in [4.78, 5) is 17.7. The van der Waals surface area contributed by atoms with Crippen LogP contribution >= 0.6 is 22.9 Å². The van der Waals surface area contributed by atoms with Gasteiger partial charge < -0.3 is 4.74 Å². The van der Waals surface area contributed by atoms with Crippen molar-refractivity contribution >= 4 is 34.7 Å². The van der Waals surface area contributed by atoms with E-state index in [0.29, 0.717) is 22.5 Å². The van der Waals surface area contributed by atoms with E-state index in [1.165, 1.54) is 28.4 Å². The Hall–Kier alpha value is -1.63. The van der Waals surface area contributed by atoms with E-state index in [2.05, 4.69) is 4.90 Å². The Labute approximate surface area is 161 Å². The van der Waals surface area contributed by atoms with Gasteiger partial charge in [-0.2, -0.15) is 0 Å². The smallest absolute Gasteiger partial charge is 0.414 e. The highest BCUT2D eigenvalue weighted by atomic mass is 35.5. The van der Waals surface area contributed by atoms with Gasteiger partial charge in [0, 0.05) is 11.4 Å². The molecule has 138 valence electrons. The second-order valence-electron chi connectivity index (χ2n) is 6.83. The van der Waals surface area contributed by atoms with Gasteiger partial charge in [-0.05, 0) is 62.2 Å². The van der Waals surface area contributed by atoms with E-state index >= 15 is 0 Å². The molecule has 2 aromatic rings. The topological polar surface area (TPSA) is 32.8 Å². The van der Waals surface area contributed by atoms with Gasteiger partial charge in [0.25, 0.3) is 0 Å². The molecule has 0 radical (unpaired) electrons. The quantitative estimate of drug-likeness (QED) is 0.748. The van der Waals surface area contributed by atoms with Crippen LogP contribution in [0.5, 0.6) is 0 Å². The summed E-state index contributed by atoms with van der Waals surface area (Å²) in [6.45, 7) is 3.26. The second-order valence-corrected chi connectivity index (χ2v) is 8.63. The first kappa shape index (κ1) is 17.8. The van der Waals surface area contributed by atoms with Gasteiger partial charge in [0.15, 0.2) is 0 Å². The predicted molar refractivity (Wildman–Crippen MR) is 101 cm³/mol. The van der Waals surface area contributed by atoms with Crippen LogP contribution in [0.2, 0.25) is 4.34 Å². The van der Waals surface area contributed by atoms with Crippen LogP contribution in [0, 0.1) is 11.7 Å². The highest BCUT2D eigenvalue weighted by Gasteiger charge is 2.37. The fourth-order valence-electron chi connectivity index (χ4n) is 3.74. The average molecular weight is 395 g/mol. The molecule has 3 saturated heterocycles. The predicted octanol–water partition coefficient (Wildman–Crippen LogP) is 4.78. The lowest BCUT2D eigenvalue weighted by Crippen LogP contribution is -2.53. The molecule has 0 aliphatic carbocycles. The zero-order valence-corrected chi connectivity index (χ0v) is 15.8. The Morgan fingerprint density at radius 2 is 2.12 bits per heavy atom. The minimum Gasteiger partial charge on any atom is -0.444 e. The second kappa shape index (κ2) is 7.55. The van der Waals surface area contributed by atoms with Crippen molar-refractivity contribution in [3.63, 3.8) is 0 Å². The zero-order valence-electron chi connectivity index (χ0n) is 14.2. The number of carbonyl (C=O) groups is 1. The Bertz CT molecular complexity index is 791. The molecular formula is C19H20ClFN2O2S. The van der Waals surface area contributed by atoms with Crippen molar-refractivity contribution in [1.82, 2.24) is 4.90 Å². The van der Waals surface area contributed by atoms with Gasteiger partial charge >= 0.3 is 6.09 Å². The monoisotopic (exact) mass is 394 g/mol. The number of piperidine rings is 3. The molecule has 3 fully saturated rings. The molecule has 1 aromatic carbocycles. The van der Waals surface area contributed by atoms with E-state index < -0.39 is 6.09 Å². The van der Waals surface area contributed by atoms with Gasteiger partial charge in [-0.3, -0.25) is 9.80 Å². The van der Waals surface area contributed by atoms with Crippen LogP contribution in [0.25, 0.3) is 0 Å². The molecule has 5 rings (SSSR count). The minimum absolute atomic E-state index is 0.0898. The summed E-state index contributed by atoms with van der Waals surface area (Å²) in [6.07, 6.45) is 1.61. The number of ether oxygens (including phenoxy) is 1. The summed E-state index contributed by atoms with van der Waals surface area (Å²) < 4.78 is 20.2. The van der Waals surface area contributed by atoms with Gasteiger partial charge in [-0.15, -0.1) is 11.3 Å². The highest BCUT2D eigenvalue weighted by Crippen LogP contribution is 2.31. The number of hydrogen-bond acceptors (Lipinski definition) is 4. The molecule has 3 aliphatic rings. The van der Waals surface area contributed by atoms with Crippen molar-refractivity contribution in [2.24, 2.45) is 5.92 Å². The molecule has 0 spiro atoms. The molecule has 26 heavy (non-hydrogen) atoms. The fraction of sp³-hybridized carbons (Fsp3) is 0.421. The van der Waals surface area contributed by atoms with E-state index in [0.717, 1.165) is 37.4 Å². The maximum absolute atomic E-state index is 13.7. The maximum atomic E-state index is 13.7. The van der Waals surface area contributed by atoms with Crippen LogP contribution in [0.15, 0.2) is 36.4 Å². The van der Waals surface area contributed by atoms with Crippen LogP contribution in [0.3, 0.4) is 0 Å². The van der Waals surface area contributed by atoms with E-state index in [4.69, 9.17) is 16.3 Å². The maximum Gasteiger partial charge on any atom is 0.414 e. The van der Waals surface area contributed by atoms with E-state index in [1.807, 2.05) is 6.07 Å².